The van der Waals surface area contributed by atoms with E-state index in [9.17, 15) is 4.79 Å². The molecule has 148 valence electrons. The molecule has 6 nitrogen and oxygen atoms in total. The third kappa shape index (κ3) is 4.82. The van der Waals surface area contributed by atoms with Crippen molar-refractivity contribution in [2.45, 2.75) is 25.8 Å². The van der Waals surface area contributed by atoms with Crippen molar-refractivity contribution >= 4 is 18.3 Å². The molecule has 1 amide bonds. The third-order valence-electron chi connectivity index (χ3n) is 5.14. The second-order valence-electron chi connectivity index (χ2n) is 7.32. The zero-order chi connectivity index (χ0) is 18.7. The van der Waals surface area contributed by atoms with E-state index in [1.54, 1.807) is 11.8 Å². The highest BCUT2D eigenvalue weighted by Gasteiger charge is 2.36. The Kier molecular flexibility index (Phi) is 7.27. The average Bonchev–Trinajstić information content (AvgIpc) is 3.28. The lowest BCUT2D eigenvalue weighted by atomic mass is 9.89. The van der Waals surface area contributed by atoms with Crippen LogP contribution >= 0.6 is 12.4 Å². The Balaban J connectivity index is 0.00000261. The number of benzene rings is 1. The molecule has 0 aliphatic carbocycles. The van der Waals surface area contributed by atoms with E-state index in [0.717, 1.165) is 23.4 Å². The van der Waals surface area contributed by atoms with Crippen LogP contribution in [0.25, 0.3) is 0 Å². The molecule has 0 spiro atoms. The number of carbonyl (C=O) groups is 1. The van der Waals surface area contributed by atoms with Crippen molar-refractivity contribution < 1.29 is 9.53 Å². The Hall–Kier alpha value is -2.05. The lowest BCUT2D eigenvalue weighted by Gasteiger charge is -2.26. The van der Waals surface area contributed by atoms with E-state index in [0.29, 0.717) is 12.5 Å². The van der Waals surface area contributed by atoms with Gasteiger partial charge < -0.3 is 15.4 Å². The summed E-state index contributed by atoms with van der Waals surface area (Å²) < 4.78 is 7.02. The minimum atomic E-state index is -0.0845. The number of nitrogens with zero attached hydrogens (tertiary/aromatic N) is 2. The van der Waals surface area contributed by atoms with E-state index >= 15 is 0 Å². The minimum Gasteiger partial charge on any atom is -0.497 e. The molecule has 1 fully saturated rings. The van der Waals surface area contributed by atoms with E-state index in [-0.39, 0.29) is 36.2 Å². The van der Waals surface area contributed by atoms with Gasteiger partial charge in [0.25, 0.3) is 0 Å². The third-order valence-corrected chi connectivity index (χ3v) is 5.14. The van der Waals surface area contributed by atoms with Crippen LogP contribution in [-0.2, 0) is 11.8 Å². The Bertz CT molecular complexity index is 745. The van der Waals surface area contributed by atoms with Crippen LogP contribution in [-0.4, -0.2) is 35.9 Å². The largest absolute Gasteiger partial charge is 0.497 e. The maximum absolute atomic E-state index is 13.0. The number of carbonyl (C=O) groups excluding carboxylic acids is 1. The lowest BCUT2D eigenvalue weighted by molar-refractivity contribution is -0.125. The molecule has 1 aromatic carbocycles. The molecule has 7 heteroatoms. The number of aryl methyl sites for hydroxylation is 1. The van der Waals surface area contributed by atoms with Crippen molar-refractivity contribution in [1.82, 2.24) is 20.4 Å². The van der Waals surface area contributed by atoms with Crippen molar-refractivity contribution in [2.75, 3.05) is 20.2 Å². The van der Waals surface area contributed by atoms with Crippen molar-refractivity contribution in [3.63, 3.8) is 0 Å². The van der Waals surface area contributed by atoms with Gasteiger partial charge in [-0.05, 0) is 29.2 Å². The van der Waals surface area contributed by atoms with Gasteiger partial charge in [-0.25, -0.2) is 0 Å². The normalized spacial score (nSPS) is 20.2. The fraction of sp³-hybridized carbons (Fsp3) is 0.500. The minimum absolute atomic E-state index is 0. The lowest BCUT2D eigenvalue weighted by Crippen LogP contribution is -2.38. The van der Waals surface area contributed by atoms with Crippen LogP contribution in [0.3, 0.4) is 0 Å². The van der Waals surface area contributed by atoms with E-state index < -0.39 is 0 Å². The fourth-order valence-corrected chi connectivity index (χ4v) is 3.64. The Morgan fingerprint density at radius 3 is 2.56 bits per heavy atom. The monoisotopic (exact) mass is 392 g/mol. The number of rotatable bonds is 6. The van der Waals surface area contributed by atoms with Gasteiger partial charge in [0, 0.05) is 32.3 Å². The van der Waals surface area contributed by atoms with Gasteiger partial charge in [-0.2, -0.15) is 5.10 Å². The fourth-order valence-electron chi connectivity index (χ4n) is 3.64. The number of hydrogen-bond donors (Lipinski definition) is 2. The second-order valence-corrected chi connectivity index (χ2v) is 7.32. The van der Waals surface area contributed by atoms with Gasteiger partial charge in [0.05, 0.1) is 25.3 Å². The Labute approximate surface area is 167 Å². The number of nitrogens with one attached hydrogen (secondary N) is 2. The quantitative estimate of drug-likeness (QED) is 0.793. The SMILES string of the molecule is COc1ccc(C(NC(=O)[C@H]2CNC[C@@H]2c2cnn(C)c2)C(C)C)cc1.Cl. The van der Waals surface area contributed by atoms with Crippen molar-refractivity contribution in [3.8, 4) is 5.75 Å². The van der Waals surface area contributed by atoms with E-state index in [1.807, 2.05) is 43.7 Å². The molecule has 2 aromatic rings. The van der Waals surface area contributed by atoms with Crippen LogP contribution < -0.4 is 15.4 Å². The summed E-state index contributed by atoms with van der Waals surface area (Å²) in [7, 11) is 3.56. The molecule has 1 saturated heterocycles. The number of hydrogen-bond acceptors (Lipinski definition) is 4. The van der Waals surface area contributed by atoms with Gasteiger partial charge in [-0.1, -0.05) is 26.0 Å². The smallest absolute Gasteiger partial charge is 0.225 e. The Morgan fingerprint density at radius 1 is 1.30 bits per heavy atom. The maximum atomic E-state index is 13.0. The highest BCUT2D eigenvalue weighted by atomic mass is 35.5. The molecule has 1 unspecified atom stereocenters. The van der Waals surface area contributed by atoms with Crippen molar-refractivity contribution in [3.05, 3.63) is 47.8 Å². The van der Waals surface area contributed by atoms with Crippen LogP contribution in [0.4, 0.5) is 0 Å². The molecule has 2 N–H and O–H groups in total. The predicted molar refractivity (Wildman–Crippen MR) is 108 cm³/mol. The summed E-state index contributed by atoms with van der Waals surface area (Å²) >= 11 is 0. The van der Waals surface area contributed by atoms with Crippen LogP contribution in [0.1, 0.15) is 36.9 Å². The van der Waals surface area contributed by atoms with Crippen LogP contribution in [0.15, 0.2) is 36.7 Å². The van der Waals surface area contributed by atoms with Crippen LogP contribution in [0, 0.1) is 11.8 Å². The van der Waals surface area contributed by atoms with Crippen molar-refractivity contribution in [2.24, 2.45) is 18.9 Å². The molecule has 3 rings (SSSR count). The molecule has 0 radical (unpaired) electrons. The van der Waals surface area contributed by atoms with Gasteiger partial charge in [0.1, 0.15) is 5.75 Å². The molecule has 1 aliphatic rings. The van der Waals surface area contributed by atoms with E-state index in [1.165, 1.54) is 0 Å². The summed E-state index contributed by atoms with van der Waals surface area (Å²) in [4.78, 5) is 13.0. The highest BCUT2D eigenvalue weighted by molar-refractivity contribution is 5.85. The molecule has 0 bridgehead atoms. The number of ether oxygens (including phenoxy) is 1. The Morgan fingerprint density at radius 2 is 2.00 bits per heavy atom. The number of halogens is 1. The molecule has 1 aromatic heterocycles. The first-order chi connectivity index (χ1) is 12.5. The summed E-state index contributed by atoms with van der Waals surface area (Å²) in [5.41, 5.74) is 2.21. The molecule has 1 aliphatic heterocycles. The maximum Gasteiger partial charge on any atom is 0.225 e. The second kappa shape index (κ2) is 9.24. The topological polar surface area (TPSA) is 68.2 Å². The first-order valence-corrected chi connectivity index (χ1v) is 9.13. The van der Waals surface area contributed by atoms with Gasteiger partial charge >= 0.3 is 0 Å². The molecular weight excluding hydrogens is 364 g/mol. The molecule has 27 heavy (non-hydrogen) atoms. The summed E-state index contributed by atoms with van der Waals surface area (Å²) in [6, 6.07) is 7.90. The van der Waals surface area contributed by atoms with Gasteiger partial charge in [-0.3, -0.25) is 9.48 Å². The molecule has 2 heterocycles. The summed E-state index contributed by atoms with van der Waals surface area (Å²) in [5, 5.41) is 10.9. The van der Waals surface area contributed by atoms with E-state index in [4.69, 9.17) is 4.74 Å². The predicted octanol–water partition coefficient (Wildman–Crippen LogP) is 2.67. The average molecular weight is 393 g/mol. The first-order valence-electron chi connectivity index (χ1n) is 9.13. The molecular formula is C20H29ClN4O2. The van der Waals surface area contributed by atoms with Crippen molar-refractivity contribution in [1.29, 1.82) is 0 Å². The van der Waals surface area contributed by atoms with Gasteiger partial charge in [0.2, 0.25) is 5.91 Å². The van der Waals surface area contributed by atoms with Gasteiger partial charge in [-0.15, -0.1) is 12.4 Å². The molecule has 0 saturated carbocycles. The standard InChI is InChI=1S/C20H28N4O2.ClH/c1-13(2)19(14-5-7-16(26-4)8-6-14)23-20(25)18-11-21-10-17(18)15-9-22-24(3)12-15;/h5-9,12-13,17-19,21H,10-11H2,1-4H3,(H,23,25);1H/t17-,18+,19?;/m1./s1. The number of aromatic nitrogens is 2. The molecule has 3 atom stereocenters. The van der Waals surface area contributed by atoms with Crippen LogP contribution in [0.5, 0.6) is 5.75 Å². The summed E-state index contributed by atoms with van der Waals surface area (Å²) in [5.74, 6) is 1.28. The summed E-state index contributed by atoms with van der Waals surface area (Å²) in [6.07, 6.45) is 3.86. The first kappa shape index (κ1) is 21.3. The highest BCUT2D eigenvalue weighted by Crippen LogP contribution is 2.30. The number of amides is 1. The van der Waals surface area contributed by atoms with Gasteiger partial charge in [0.15, 0.2) is 0 Å². The van der Waals surface area contributed by atoms with Crippen LogP contribution in [0.2, 0.25) is 0 Å². The van der Waals surface area contributed by atoms with E-state index in [2.05, 4.69) is 29.6 Å². The number of methoxy groups -OCH3 is 1. The summed E-state index contributed by atoms with van der Waals surface area (Å²) in [6.45, 7) is 5.75. The zero-order valence-electron chi connectivity index (χ0n) is 16.3. The zero-order valence-corrected chi connectivity index (χ0v) is 17.1.